The molecule has 8 heteroatoms. The molecular weight excluding hydrogens is 310 g/mol. The van der Waals surface area contributed by atoms with E-state index in [4.69, 9.17) is 9.47 Å². The second kappa shape index (κ2) is 7.20. The second-order valence-electron chi connectivity index (χ2n) is 5.64. The predicted octanol–water partition coefficient (Wildman–Crippen LogP) is 2.23. The average Bonchev–Trinajstić information content (AvgIpc) is 3.17. The number of aromatic amines is 1. The van der Waals surface area contributed by atoms with Gasteiger partial charge in [-0.1, -0.05) is 0 Å². The Labute approximate surface area is 140 Å². The standard InChI is InChI=1S/C16H21N5O3/c1-23-14-6-5-13(15(19-14)24-2)18-16(22)21-9-3-4-11(10-21)12-7-8-17-20-12/h5-8,11H,3-4,9-10H2,1-2H3,(H,17,20)(H,18,22). The molecule has 1 aliphatic rings. The van der Waals surface area contributed by atoms with Crippen molar-refractivity contribution in [3.05, 3.63) is 30.1 Å². The van der Waals surface area contributed by atoms with Gasteiger partial charge in [0, 0.05) is 37.0 Å². The number of urea groups is 1. The quantitative estimate of drug-likeness (QED) is 0.896. The SMILES string of the molecule is COc1ccc(NC(=O)N2CCCC(c3ccn[nH]3)C2)c(OC)n1. The van der Waals surface area contributed by atoms with Gasteiger partial charge in [-0.25, -0.2) is 4.79 Å². The lowest BCUT2D eigenvalue weighted by atomic mass is 9.95. The van der Waals surface area contributed by atoms with Gasteiger partial charge in [0.25, 0.3) is 0 Å². The smallest absolute Gasteiger partial charge is 0.322 e. The van der Waals surface area contributed by atoms with Gasteiger partial charge >= 0.3 is 6.03 Å². The summed E-state index contributed by atoms with van der Waals surface area (Å²) in [5, 5.41) is 9.85. The maximum Gasteiger partial charge on any atom is 0.322 e. The number of anilines is 1. The van der Waals surface area contributed by atoms with Gasteiger partial charge in [-0.15, -0.1) is 0 Å². The van der Waals surface area contributed by atoms with Crippen molar-refractivity contribution in [3.63, 3.8) is 0 Å². The fourth-order valence-electron chi connectivity index (χ4n) is 2.89. The molecule has 1 saturated heterocycles. The Morgan fingerprint density at radius 2 is 2.21 bits per heavy atom. The molecule has 2 aromatic heterocycles. The van der Waals surface area contributed by atoms with E-state index < -0.39 is 0 Å². The van der Waals surface area contributed by atoms with Crippen LogP contribution in [0.3, 0.4) is 0 Å². The zero-order chi connectivity index (χ0) is 16.9. The molecule has 2 amide bonds. The number of rotatable bonds is 4. The monoisotopic (exact) mass is 331 g/mol. The van der Waals surface area contributed by atoms with E-state index in [-0.39, 0.29) is 11.9 Å². The van der Waals surface area contributed by atoms with Crippen molar-refractivity contribution in [3.8, 4) is 11.8 Å². The van der Waals surface area contributed by atoms with Gasteiger partial charge in [0.05, 0.1) is 14.2 Å². The molecule has 1 unspecified atom stereocenters. The fourth-order valence-corrected chi connectivity index (χ4v) is 2.89. The number of nitrogens with zero attached hydrogens (tertiary/aromatic N) is 3. The van der Waals surface area contributed by atoms with Gasteiger partial charge in [0.2, 0.25) is 11.8 Å². The molecule has 24 heavy (non-hydrogen) atoms. The largest absolute Gasteiger partial charge is 0.481 e. The van der Waals surface area contributed by atoms with Crippen molar-refractivity contribution in [2.24, 2.45) is 0 Å². The Morgan fingerprint density at radius 1 is 1.33 bits per heavy atom. The summed E-state index contributed by atoms with van der Waals surface area (Å²) in [6, 6.07) is 5.20. The van der Waals surface area contributed by atoms with Crippen molar-refractivity contribution >= 4 is 11.7 Å². The summed E-state index contributed by atoms with van der Waals surface area (Å²) < 4.78 is 10.3. The molecule has 2 aromatic rings. The number of carbonyl (C=O) groups is 1. The van der Waals surface area contributed by atoms with Gasteiger partial charge in [0.1, 0.15) is 5.69 Å². The maximum absolute atomic E-state index is 12.6. The number of methoxy groups -OCH3 is 2. The summed E-state index contributed by atoms with van der Waals surface area (Å²) in [5.41, 5.74) is 1.59. The molecule has 1 atom stereocenters. The number of aromatic nitrogens is 3. The van der Waals surface area contributed by atoms with Crippen molar-refractivity contribution < 1.29 is 14.3 Å². The van der Waals surface area contributed by atoms with E-state index in [9.17, 15) is 4.79 Å². The van der Waals surface area contributed by atoms with Crippen LogP contribution in [0.2, 0.25) is 0 Å². The van der Waals surface area contributed by atoms with Gasteiger partial charge in [0.15, 0.2) is 0 Å². The van der Waals surface area contributed by atoms with Crippen molar-refractivity contribution in [2.45, 2.75) is 18.8 Å². The third kappa shape index (κ3) is 3.42. The van der Waals surface area contributed by atoms with Gasteiger partial charge < -0.3 is 19.7 Å². The Balaban J connectivity index is 1.68. The number of likely N-dealkylation sites (tertiary alicyclic amines) is 1. The highest BCUT2D eigenvalue weighted by atomic mass is 16.5. The van der Waals surface area contributed by atoms with Crippen LogP contribution in [0.1, 0.15) is 24.5 Å². The molecule has 1 fully saturated rings. The summed E-state index contributed by atoms with van der Waals surface area (Å²) >= 11 is 0. The maximum atomic E-state index is 12.6. The first-order valence-corrected chi connectivity index (χ1v) is 7.85. The minimum Gasteiger partial charge on any atom is -0.481 e. The summed E-state index contributed by atoms with van der Waals surface area (Å²) in [5.74, 6) is 1.04. The number of hydrogen-bond donors (Lipinski definition) is 2. The van der Waals surface area contributed by atoms with E-state index in [0.29, 0.717) is 24.0 Å². The lowest BCUT2D eigenvalue weighted by Gasteiger charge is -2.32. The molecule has 0 bridgehead atoms. The van der Waals surface area contributed by atoms with Crippen LogP contribution in [0.5, 0.6) is 11.8 Å². The van der Waals surface area contributed by atoms with Crippen molar-refractivity contribution in [1.29, 1.82) is 0 Å². The highest BCUT2D eigenvalue weighted by Gasteiger charge is 2.26. The van der Waals surface area contributed by atoms with Crippen LogP contribution in [0.4, 0.5) is 10.5 Å². The second-order valence-corrected chi connectivity index (χ2v) is 5.64. The molecule has 0 radical (unpaired) electrons. The van der Waals surface area contributed by atoms with E-state index in [2.05, 4.69) is 20.5 Å². The van der Waals surface area contributed by atoms with Crippen LogP contribution in [0.25, 0.3) is 0 Å². The summed E-state index contributed by atoms with van der Waals surface area (Å²) in [4.78, 5) is 18.6. The molecule has 128 valence electrons. The topological polar surface area (TPSA) is 92.4 Å². The van der Waals surface area contributed by atoms with Gasteiger partial charge in [-0.3, -0.25) is 5.10 Å². The van der Waals surface area contributed by atoms with Crippen molar-refractivity contribution in [1.82, 2.24) is 20.1 Å². The normalized spacial score (nSPS) is 17.4. The predicted molar refractivity (Wildman–Crippen MR) is 88.5 cm³/mol. The molecule has 0 aliphatic carbocycles. The number of H-pyrrole nitrogens is 1. The Bertz CT molecular complexity index is 689. The number of amides is 2. The third-order valence-corrected chi connectivity index (χ3v) is 4.15. The van der Waals surface area contributed by atoms with Crippen LogP contribution >= 0.6 is 0 Å². The minimum atomic E-state index is -0.163. The fraction of sp³-hybridized carbons (Fsp3) is 0.438. The van der Waals surface area contributed by atoms with Crippen LogP contribution < -0.4 is 14.8 Å². The van der Waals surface area contributed by atoms with E-state index in [0.717, 1.165) is 25.1 Å². The van der Waals surface area contributed by atoms with Crippen LogP contribution in [-0.4, -0.2) is 53.4 Å². The van der Waals surface area contributed by atoms with Crippen LogP contribution in [-0.2, 0) is 0 Å². The van der Waals surface area contributed by atoms with E-state index >= 15 is 0 Å². The summed E-state index contributed by atoms with van der Waals surface area (Å²) in [6.45, 7) is 1.38. The molecule has 3 heterocycles. The van der Waals surface area contributed by atoms with Crippen LogP contribution in [0, 0.1) is 0 Å². The Kier molecular flexibility index (Phi) is 4.83. The van der Waals surface area contributed by atoms with Crippen LogP contribution in [0.15, 0.2) is 24.4 Å². The number of pyridine rings is 1. The van der Waals surface area contributed by atoms with Gasteiger partial charge in [-0.05, 0) is 25.0 Å². The average molecular weight is 331 g/mol. The van der Waals surface area contributed by atoms with E-state index in [1.807, 2.05) is 6.07 Å². The first-order chi connectivity index (χ1) is 11.7. The third-order valence-electron chi connectivity index (χ3n) is 4.15. The first kappa shape index (κ1) is 16.1. The number of ether oxygens (including phenoxy) is 2. The summed E-state index contributed by atoms with van der Waals surface area (Å²) in [6.07, 6.45) is 3.73. The number of hydrogen-bond acceptors (Lipinski definition) is 5. The molecule has 0 saturated carbocycles. The number of carbonyl (C=O) groups excluding carboxylic acids is 1. The van der Waals surface area contributed by atoms with Gasteiger partial charge in [-0.2, -0.15) is 10.1 Å². The lowest BCUT2D eigenvalue weighted by molar-refractivity contribution is 0.192. The molecule has 1 aliphatic heterocycles. The highest BCUT2D eigenvalue weighted by molar-refractivity contribution is 5.90. The lowest BCUT2D eigenvalue weighted by Crippen LogP contribution is -2.41. The van der Waals surface area contributed by atoms with Crippen molar-refractivity contribution in [2.75, 3.05) is 32.6 Å². The Morgan fingerprint density at radius 3 is 2.92 bits per heavy atom. The summed E-state index contributed by atoms with van der Waals surface area (Å²) in [7, 11) is 3.04. The molecular formula is C16H21N5O3. The first-order valence-electron chi connectivity index (χ1n) is 7.85. The van der Waals surface area contributed by atoms with E-state index in [1.165, 1.54) is 14.2 Å². The molecule has 0 aromatic carbocycles. The zero-order valence-corrected chi connectivity index (χ0v) is 13.8. The minimum absolute atomic E-state index is 0.163. The number of nitrogens with one attached hydrogen (secondary N) is 2. The highest BCUT2D eigenvalue weighted by Crippen LogP contribution is 2.28. The number of piperidine rings is 1. The zero-order valence-electron chi connectivity index (χ0n) is 13.8. The Hall–Kier alpha value is -2.77. The molecule has 3 rings (SSSR count). The van der Waals surface area contributed by atoms with E-state index in [1.54, 1.807) is 23.2 Å². The molecule has 8 nitrogen and oxygen atoms in total. The molecule has 2 N–H and O–H groups in total. The molecule has 0 spiro atoms.